The van der Waals surface area contributed by atoms with E-state index < -0.39 is 8.80 Å². The van der Waals surface area contributed by atoms with Crippen LogP contribution in [0.3, 0.4) is 0 Å². The largest absolute Gasteiger partial charge is 0.500 e. The van der Waals surface area contributed by atoms with Gasteiger partial charge in [-0.25, -0.2) is 0 Å². The summed E-state index contributed by atoms with van der Waals surface area (Å²) in [6, 6.07) is 0.902. The predicted molar refractivity (Wildman–Crippen MR) is 77.5 cm³/mol. The van der Waals surface area contributed by atoms with Gasteiger partial charge in [-0.05, 0) is 31.7 Å². The highest BCUT2D eigenvalue weighted by Crippen LogP contribution is 2.24. The van der Waals surface area contributed by atoms with Crippen LogP contribution in [-0.2, 0) is 13.3 Å². The van der Waals surface area contributed by atoms with Gasteiger partial charge in [0.2, 0.25) is 0 Å². The number of hydrogen-bond acceptors (Lipinski definition) is 4. The molecule has 0 amide bonds. The van der Waals surface area contributed by atoms with E-state index in [1.807, 2.05) is 0 Å². The van der Waals surface area contributed by atoms with E-state index in [0.717, 1.165) is 31.3 Å². The minimum absolute atomic E-state index is 0.788. The Kier molecular flexibility index (Phi) is 11.0. The van der Waals surface area contributed by atoms with Gasteiger partial charge in [-0.15, -0.1) is 0 Å². The molecule has 4 nitrogen and oxygen atoms in total. The smallest absolute Gasteiger partial charge is 0.377 e. The summed E-state index contributed by atoms with van der Waals surface area (Å²) in [6.07, 6.45) is 7.24. The van der Waals surface area contributed by atoms with Crippen LogP contribution in [0.4, 0.5) is 0 Å². The van der Waals surface area contributed by atoms with Gasteiger partial charge in [0, 0.05) is 27.4 Å². The molecule has 0 fully saturated rings. The van der Waals surface area contributed by atoms with E-state index in [0.29, 0.717) is 0 Å². The van der Waals surface area contributed by atoms with Crippen LogP contribution < -0.4 is 5.73 Å². The molecule has 0 radical (unpaired) electrons. The molecule has 0 aromatic heterocycles. The van der Waals surface area contributed by atoms with Gasteiger partial charge in [-0.1, -0.05) is 26.2 Å². The van der Waals surface area contributed by atoms with E-state index in [9.17, 15) is 0 Å². The minimum atomic E-state index is -2.36. The second-order valence-electron chi connectivity index (χ2n) is 4.77. The van der Waals surface area contributed by atoms with Crippen LogP contribution >= 0.6 is 0 Å². The van der Waals surface area contributed by atoms with E-state index >= 15 is 0 Å². The summed E-state index contributed by atoms with van der Waals surface area (Å²) in [5, 5.41) is 0. The van der Waals surface area contributed by atoms with Gasteiger partial charge in [-0.2, -0.15) is 0 Å². The average Bonchev–Trinajstić information content (AvgIpc) is 2.41. The first-order valence-corrected chi connectivity index (χ1v) is 8.96. The molecule has 0 heterocycles. The molecule has 0 saturated heterocycles. The van der Waals surface area contributed by atoms with Crippen molar-refractivity contribution in [3.63, 3.8) is 0 Å². The summed E-state index contributed by atoms with van der Waals surface area (Å²) in [6.45, 7) is 3.04. The average molecular weight is 277 g/mol. The van der Waals surface area contributed by atoms with Crippen molar-refractivity contribution < 1.29 is 13.3 Å². The van der Waals surface area contributed by atoms with Crippen molar-refractivity contribution in [2.24, 2.45) is 11.7 Å². The molecule has 1 unspecified atom stereocenters. The molecule has 0 spiro atoms. The first-order valence-electron chi connectivity index (χ1n) is 7.03. The van der Waals surface area contributed by atoms with Crippen LogP contribution in [0, 0.1) is 5.92 Å². The van der Waals surface area contributed by atoms with E-state index in [1.165, 1.54) is 25.7 Å². The van der Waals surface area contributed by atoms with Crippen molar-refractivity contribution in [2.75, 3.05) is 27.9 Å². The maximum absolute atomic E-state index is 5.58. The zero-order valence-corrected chi connectivity index (χ0v) is 13.5. The van der Waals surface area contributed by atoms with Crippen molar-refractivity contribution in [2.45, 2.75) is 51.5 Å². The summed E-state index contributed by atoms with van der Waals surface area (Å²) >= 11 is 0. The fourth-order valence-electron chi connectivity index (χ4n) is 2.41. The lowest BCUT2D eigenvalue weighted by atomic mass is 9.93. The molecule has 2 N–H and O–H groups in total. The van der Waals surface area contributed by atoms with Crippen molar-refractivity contribution in [1.82, 2.24) is 0 Å². The molecule has 0 bridgehead atoms. The Bertz CT molecular complexity index is 181. The third-order valence-corrected chi connectivity index (χ3v) is 6.37. The lowest BCUT2D eigenvalue weighted by molar-refractivity contribution is 0.122. The van der Waals surface area contributed by atoms with Gasteiger partial charge in [0.1, 0.15) is 0 Å². The van der Waals surface area contributed by atoms with Crippen LogP contribution in [0.5, 0.6) is 0 Å². The van der Waals surface area contributed by atoms with Crippen molar-refractivity contribution >= 4 is 8.80 Å². The SMILES string of the molecule is CCCC(CCCN)CCC[Si](OC)(OC)OC. The quantitative estimate of drug-likeness (QED) is 0.557. The van der Waals surface area contributed by atoms with Gasteiger partial charge in [0.15, 0.2) is 0 Å². The molecule has 18 heavy (non-hydrogen) atoms. The van der Waals surface area contributed by atoms with Crippen LogP contribution in [-0.4, -0.2) is 36.7 Å². The third kappa shape index (κ3) is 6.85. The lowest BCUT2D eigenvalue weighted by Crippen LogP contribution is -2.42. The summed E-state index contributed by atoms with van der Waals surface area (Å²) in [5.41, 5.74) is 5.58. The third-order valence-electron chi connectivity index (χ3n) is 3.54. The van der Waals surface area contributed by atoms with Gasteiger partial charge in [-0.3, -0.25) is 0 Å². The maximum Gasteiger partial charge on any atom is 0.500 e. The zero-order chi connectivity index (χ0) is 13.9. The first kappa shape index (κ1) is 18.1. The fraction of sp³-hybridized carbons (Fsp3) is 1.00. The van der Waals surface area contributed by atoms with E-state index in [4.69, 9.17) is 19.0 Å². The second kappa shape index (κ2) is 10.9. The molecule has 5 heteroatoms. The summed E-state index contributed by atoms with van der Waals surface area (Å²) in [7, 11) is 2.67. The molecule has 110 valence electrons. The Morgan fingerprint density at radius 1 is 0.944 bits per heavy atom. The van der Waals surface area contributed by atoms with Crippen LogP contribution in [0.15, 0.2) is 0 Å². The minimum Gasteiger partial charge on any atom is -0.377 e. The highest BCUT2D eigenvalue weighted by atomic mass is 28.4. The number of hydrogen-bond donors (Lipinski definition) is 1. The standard InChI is InChI=1S/C13H31NO3Si/c1-5-8-13(9-6-11-14)10-7-12-18(15-2,16-3)17-4/h13H,5-12,14H2,1-4H3. The molecule has 0 aliphatic rings. The molecule has 0 aromatic rings. The number of rotatable bonds is 12. The molecule has 0 saturated carbocycles. The molecular formula is C13H31NO3Si. The molecule has 0 aliphatic carbocycles. The highest BCUT2D eigenvalue weighted by Gasteiger charge is 2.36. The van der Waals surface area contributed by atoms with Crippen molar-refractivity contribution in [3.05, 3.63) is 0 Å². The Morgan fingerprint density at radius 2 is 1.50 bits per heavy atom. The van der Waals surface area contributed by atoms with Crippen LogP contribution in [0.25, 0.3) is 0 Å². The normalized spacial score (nSPS) is 13.8. The fourth-order valence-corrected chi connectivity index (χ4v) is 4.16. The summed E-state index contributed by atoms with van der Waals surface area (Å²) < 4.78 is 16.3. The summed E-state index contributed by atoms with van der Waals surface area (Å²) in [4.78, 5) is 0. The maximum atomic E-state index is 5.58. The summed E-state index contributed by atoms with van der Waals surface area (Å²) in [5.74, 6) is 0.788. The van der Waals surface area contributed by atoms with E-state index in [2.05, 4.69) is 6.92 Å². The lowest BCUT2D eigenvalue weighted by Gasteiger charge is -2.25. The van der Waals surface area contributed by atoms with E-state index in [1.54, 1.807) is 21.3 Å². The van der Waals surface area contributed by atoms with Gasteiger partial charge in [0.25, 0.3) is 0 Å². The van der Waals surface area contributed by atoms with Crippen LogP contribution in [0.1, 0.15) is 45.4 Å². The highest BCUT2D eigenvalue weighted by molar-refractivity contribution is 6.60. The second-order valence-corrected chi connectivity index (χ2v) is 7.86. The number of nitrogens with two attached hydrogens (primary N) is 1. The predicted octanol–water partition coefficient (Wildman–Crippen LogP) is 2.80. The van der Waals surface area contributed by atoms with E-state index in [-0.39, 0.29) is 0 Å². The van der Waals surface area contributed by atoms with Gasteiger partial charge in [0.05, 0.1) is 0 Å². The van der Waals surface area contributed by atoms with Gasteiger partial charge < -0.3 is 19.0 Å². The van der Waals surface area contributed by atoms with Crippen LogP contribution in [0.2, 0.25) is 6.04 Å². The van der Waals surface area contributed by atoms with Gasteiger partial charge >= 0.3 is 8.80 Å². The zero-order valence-electron chi connectivity index (χ0n) is 12.5. The van der Waals surface area contributed by atoms with Crippen molar-refractivity contribution in [3.8, 4) is 0 Å². The Labute approximate surface area is 114 Å². The first-order chi connectivity index (χ1) is 8.67. The molecular weight excluding hydrogens is 246 g/mol. The Morgan fingerprint density at radius 3 is 1.94 bits per heavy atom. The Hall–Kier alpha value is 0.0569. The topological polar surface area (TPSA) is 53.7 Å². The Balaban J connectivity index is 4.02. The molecule has 0 aliphatic heterocycles. The molecule has 1 atom stereocenters. The molecule has 0 aromatic carbocycles. The monoisotopic (exact) mass is 277 g/mol. The van der Waals surface area contributed by atoms with Crippen molar-refractivity contribution in [1.29, 1.82) is 0 Å². The molecule has 0 rings (SSSR count).